The average molecular weight is 238 g/mol. The van der Waals surface area contributed by atoms with Crippen LogP contribution in [-0.2, 0) is 6.54 Å². The summed E-state index contributed by atoms with van der Waals surface area (Å²) in [4.78, 5) is 0. The van der Waals surface area contributed by atoms with E-state index in [0.29, 0.717) is 18.2 Å². The molecule has 1 atom stereocenters. The summed E-state index contributed by atoms with van der Waals surface area (Å²) in [6.07, 6.45) is 1.14. The lowest BCUT2D eigenvalue weighted by Crippen LogP contribution is -2.36. The standard InChI is InChI=1S/C14H23FN2/c1-4-8-16-9-12(3)17-10-13-7-5-6-11(2)14(13)15/h5-7,12,16-17H,4,8-10H2,1-3H3. The van der Waals surface area contributed by atoms with Crippen molar-refractivity contribution in [1.82, 2.24) is 10.6 Å². The first kappa shape index (κ1) is 14.1. The van der Waals surface area contributed by atoms with Crippen LogP contribution in [0.1, 0.15) is 31.4 Å². The Morgan fingerprint density at radius 1 is 1.35 bits per heavy atom. The van der Waals surface area contributed by atoms with Crippen molar-refractivity contribution in [1.29, 1.82) is 0 Å². The van der Waals surface area contributed by atoms with Crippen LogP contribution in [0.3, 0.4) is 0 Å². The number of aryl methyl sites for hydroxylation is 1. The van der Waals surface area contributed by atoms with Gasteiger partial charge in [-0.15, -0.1) is 0 Å². The summed E-state index contributed by atoms with van der Waals surface area (Å²) < 4.78 is 13.7. The highest BCUT2D eigenvalue weighted by Gasteiger charge is 2.06. The lowest BCUT2D eigenvalue weighted by molar-refractivity contribution is 0.491. The fraction of sp³-hybridized carbons (Fsp3) is 0.571. The van der Waals surface area contributed by atoms with Gasteiger partial charge < -0.3 is 10.6 Å². The molecule has 0 spiro atoms. The van der Waals surface area contributed by atoms with Crippen molar-refractivity contribution >= 4 is 0 Å². The Labute approximate surface area is 104 Å². The largest absolute Gasteiger partial charge is 0.315 e. The van der Waals surface area contributed by atoms with Crippen LogP contribution in [-0.4, -0.2) is 19.1 Å². The van der Waals surface area contributed by atoms with Crippen LogP contribution < -0.4 is 10.6 Å². The first-order valence-electron chi connectivity index (χ1n) is 6.33. The van der Waals surface area contributed by atoms with E-state index < -0.39 is 0 Å². The quantitative estimate of drug-likeness (QED) is 0.714. The minimum Gasteiger partial charge on any atom is -0.315 e. The molecule has 0 saturated heterocycles. The van der Waals surface area contributed by atoms with Gasteiger partial charge >= 0.3 is 0 Å². The lowest BCUT2D eigenvalue weighted by atomic mass is 10.1. The molecule has 0 bridgehead atoms. The first-order valence-corrected chi connectivity index (χ1v) is 6.33. The molecule has 3 heteroatoms. The van der Waals surface area contributed by atoms with E-state index in [1.54, 1.807) is 13.0 Å². The second-order valence-corrected chi connectivity index (χ2v) is 4.53. The third-order valence-corrected chi connectivity index (χ3v) is 2.79. The molecule has 17 heavy (non-hydrogen) atoms. The minimum absolute atomic E-state index is 0.0892. The molecule has 0 fully saturated rings. The molecule has 0 heterocycles. The molecule has 96 valence electrons. The number of nitrogens with one attached hydrogen (secondary N) is 2. The van der Waals surface area contributed by atoms with Crippen LogP contribution in [0, 0.1) is 12.7 Å². The molecule has 1 unspecified atom stereocenters. The van der Waals surface area contributed by atoms with Gasteiger partial charge in [-0.3, -0.25) is 0 Å². The summed E-state index contributed by atoms with van der Waals surface area (Å²) in [7, 11) is 0. The fourth-order valence-corrected chi connectivity index (χ4v) is 1.70. The summed E-state index contributed by atoms with van der Waals surface area (Å²) in [5, 5.41) is 6.66. The molecule has 0 aromatic heterocycles. The highest BCUT2D eigenvalue weighted by atomic mass is 19.1. The van der Waals surface area contributed by atoms with Crippen molar-refractivity contribution in [2.75, 3.05) is 13.1 Å². The molecule has 2 nitrogen and oxygen atoms in total. The van der Waals surface area contributed by atoms with E-state index in [9.17, 15) is 4.39 Å². The predicted molar refractivity (Wildman–Crippen MR) is 70.6 cm³/mol. The topological polar surface area (TPSA) is 24.1 Å². The van der Waals surface area contributed by atoms with Crippen molar-refractivity contribution in [3.63, 3.8) is 0 Å². The Hall–Kier alpha value is -0.930. The molecule has 0 aliphatic rings. The van der Waals surface area contributed by atoms with E-state index in [1.807, 2.05) is 12.1 Å². The third kappa shape index (κ3) is 4.84. The van der Waals surface area contributed by atoms with Crippen molar-refractivity contribution in [2.45, 2.75) is 39.8 Å². The highest BCUT2D eigenvalue weighted by molar-refractivity contribution is 5.24. The molecular formula is C14H23FN2. The summed E-state index contributed by atoms with van der Waals surface area (Å²) in [5.41, 5.74) is 1.45. The molecule has 0 aliphatic heterocycles. The van der Waals surface area contributed by atoms with E-state index in [2.05, 4.69) is 24.5 Å². The van der Waals surface area contributed by atoms with Crippen LogP contribution in [0.5, 0.6) is 0 Å². The summed E-state index contributed by atoms with van der Waals surface area (Å²) in [5.74, 6) is -0.0892. The number of hydrogen-bond donors (Lipinski definition) is 2. The molecular weight excluding hydrogens is 215 g/mol. The van der Waals surface area contributed by atoms with Gasteiger partial charge in [0.1, 0.15) is 5.82 Å². The van der Waals surface area contributed by atoms with Crippen LogP contribution in [0.15, 0.2) is 18.2 Å². The highest BCUT2D eigenvalue weighted by Crippen LogP contribution is 2.11. The van der Waals surface area contributed by atoms with E-state index in [-0.39, 0.29) is 5.82 Å². The molecule has 1 rings (SSSR count). The molecule has 0 amide bonds. The van der Waals surface area contributed by atoms with Gasteiger partial charge in [-0.05, 0) is 32.4 Å². The third-order valence-electron chi connectivity index (χ3n) is 2.79. The summed E-state index contributed by atoms with van der Waals surface area (Å²) >= 11 is 0. The van der Waals surface area contributed by atoms with Crippen LogP contribution in [0.25, 0.3) is 0 Å². The van der Waals surface area contributed by atoms with Crippen molar-refractivity contribution in [3.05, 3.63) is 35.1 Å². The van der Waals surface area contributed by atoms with Crippen LogP contribution >= 0.6 is 0 Å². The van der Waals surface area contributed by atoms with Gasteiger partial charge in [-0.2, -0.15) is 0 Å². The number of hydrogen-bond acceptors (Lipinski definition) is 2. The van der Waals surface area contributed by atoms with Crippen LogP contribution in [0.4, 0.5) is 4.39 Å². The monoisotopic (exact) mass is 238 g/mol. The zero-order valence-corrected chi connectivity index (χ0v) is 11.0. The van der Waals surface area contributed by atoms with Crippen molar-refractivity contribution < 1.29 is 4.39 Å². The molecule has 0 radical (unpaired) electrons. The zero-order chi connectivity index (χ0) is 12.7. The van der Waals surface area contributed by atoms with E-state index in [0.717, 1.165) is 25.1 Å². The second kappa shape index (κ2) is 7.41. The molecule has 0 aliphatic carbocycles. The Bertz CT molecular complexity index is 339. The normalized spacial score (nSPS) is 12.7. The molecule has 1 aromatic carbocycles. The number of benzene rings is 1. The maximum Gasteiger partial charge on any atom is 0.130 e. The van der Waals surface area contributed by atoms with Gasteiger partial charge in [0.05, 0.1) is 0 Å². The Morgan fingerprint density at radius 2 is 2.12 bits per heavy atom. The van der Waals surface area contributed by atoms with Gasteiger partial charge in [0.2, 0.25) is 0 Å². The first-order chi connectivity index (χ1) is 8.15. The molecule has 1 aromatic rings. The smallest absolute Gasteiger partial charge is 0.130 e. The van der Waals surface area contributed by atoms with Crippen molar-refractivity contribution in [2.24, 2.45) is 0 Å². The SMILES string of the molecule is CCCNCC(C)NCc1cccc(C)c1F. The maximum atomic E-state index is 13.7. The number of rotatable bonds is 7. The van der Waals surface area contributed by atoms with Gasteiger partial charge in [0.25, 0.3) is 0 Å². The lowest BCUT2D eigenvalue weighted by Gasteiger charge is -2.15. The van der Waals surface area contributed by atoms with E-state index in [1.165, 1.54) is 0 Å². The Balaban J connectivity index is 2.37. The van der Waals surface area contributed by atoms with E-state index >= 15 is 0 Å². The minimum atomic E-state index is -0.0892. The summed E-state index contributed by atoms with van der Waals surface area (Å²) in [6, 6.07) is 5.88. The van der Waals surface area contributed by atoms with Gasteiger partial charge in [0, 0.05) is 24.7 Å². The zero-order valence-electron chi connectivity index (χ0n) is 11.0. The van der Waals surface area contributed by atoms with Gasteiger partial charge in [-0.1, -0.05) is 25.1 Å². The van der Waals surface area contributed by atoms with Gasteiger partial charge in [0.15, 0.2) is 0 Å². The maximum absolute atomic E-state index is 13.7. The Morgan fingerprint density at radius 3 is 2.82 bits per heavy atom. The van der Waals surface area contributed by atoms with Gasteiger partial charge in [-0.25, -0.2) is 4.39 Å². The predicted octanol–water partition coefficient (Wildman–Crippen LogP) is 2.61. The van der Waals surface area contributed by atoms with Crippen molar-refractivity contribution in [3.8, 4) is 0 Å². The molecule has 2 N–H and O–H groups in total. The Kier molecular flexibility index (Phi) is 6.16. The summed E-state index contributed by atoms with van der Waals surface area (Å²) in [6.45, 7) is 8.59. The second-order valence-electron chi connectivity index (χ2n) is 4.53. The average Bonchev–Trinajstić information content (AvgIpc) is 2.31. The van der Waals surface area contributed by atoms with Crippen LogP contribution in [0.2, 0.25) is 0 Å². The van der Waals surface area contributed by atoms with E-state index in [4.69, 9.17) is 0 Å². The fourth-order valence-electron chi connectivity index (χ4n) is 1.70. The number of halogens is 1. The molecule has 0 saturated carbocycles.